The Morgan fingerprint density at radius 1 is 1.48 bits per heavy atom. The summed E-state index contributed by atoms with van der Waals surface area (Å²) in [6.07, 6.45) is 0.856. The molecule has 0 unspecified atom stereocenters. The minimum absolute atomic E-state index is 0.0413. The normalized spacial score (nSPS) is 18.0. The number of nitrogens with two attached hydrogens (primary N) is 1. The van der Waals surface area contributed by atoms with Crippen molar-refractivity contribution in [2.24, 2.45) is 5.73 Å². The van der Waals surface area contributed by atoms with Crippen molar-refractivity contribution in [1.82, 2.24) is 9.88 Å². The number of para-hydroxylation sites is 1. The highest BCUT2D eigenvalue weighted by molar-refractivity contribution is 7.13. The molecule has 5 nitrogen and oxygen atoms in total. The molecular weight excluding hydrogens is 286 g/mol. The van der Waals surface area contributed by atoms with E-state index in [1.54, 1.807) is 17.4 Å². The van der Waals surface area contributed by atoms with E-state index in [0.717, 1.165) is 22.7 Å². The standard InChI is InChI=1S/C15H17N3O2S/c1-20-13-5-3-2-4-11(13)14-17-12(9-21-14)15(19)18-7-6-10(16)8-18/h2-5,9-10H,6-8,16H2,1H3/t10-/m1/s1. The predicted octanol–water partition coefficient (Wildman–Crippen LogP) is 1.99. The predicted molar refractivity (Wildman–Crippen MR) is 82.6 cm³/mol. The first kappa shape index (κ1) is 14.0. The number of methoxy groups -OCH3 is 1. The molecule has 1 aliphatic rings. The van der Waals surface area contributed by atoms with E-state index in [1.807, 2.05) is 24.3 Å². The van der Waals surface area contributed by atoms with Crippen LogP contribution in [0.5, 0.6) is 5.75 Å². The molecule has 21 heavy (non-hydrogen) atoms. The van der Waals surface area contributed by atoms with Gasteiger partial charge in [-0.3, -0.25) is 4.79 Å². The third kappa shape index (κ3) is 2.77. The first-order valence-corrected chi connectivity index (χ1v) is 7.71. The third-order valence-corrected chi connectivity index (χ3v) is 4.45. The molecule has 1 fully saturated rings. The van der Waals surface area contributed by atoms with Gasteiger partial charge in [0.15, 0.2) is 0 Å². The van der Waals surface area contributed by atoms with Crippen molar-refractivity contribution in [3.05, 3.63) is 35.3 Å². The van der Waals surface area contributed by atoms with E-state index in [9.17, 15) is 4.79 Å². The molecule has 1 aromatic carbocycles. The van der Waals surface area contributed by atoms with Crippen LogP contribution in [-0.4, -0.2) is 42.0 Å². The zero-order chi connectivity index (χ0) is 14.8. The van der Waals surface area contributed by atoms with E-state index in [2.05, 4.69) is 4.98 Å². The number of rotatable bonds is 3. The van der Waals surface area contributed by atoms with Crippen LogP contribution in [0, 0.1) is 0 Å². The van der Waals surface area contributed by atoms with E-state index in [4.69, 9.17) is 10.5 Å². The highest BCUT2D eigenvalue weighted by Gasteiger charge is 2.26. The van der Waals surface area contributed by atoms with Crippen LogP contribution in [0.25, 0.3) is 10.6 Å². The summed E-state index contributed by atoms with van der Waals surface area (Å²) >= 11 is 1.45. The zero-order valence-corrected chi connectivity index (χ0v) is 12.6. The van der Waals surface area contributed by atoms with Crippen molar-refractivity contribution >= 4 is 17.2 Å². The Kier molecular flexibility index (Phi) is 3.90. The lowest BCUT2D eigenvalue weighted by Crippen LogP contribution is -2.32. The molecule has 3 rings (SSSR count). The number of hydrogen-bond acceptors (Lipinski definition) is 5. The number of ether oxygens (including phenoxy) is 1. The minimum atomic E-state index is -0.0413. The van der Waals surface area contributed by atoms with Gasteiger partial charge in [0, 0.05) is 24.5 Å². The van der Waals surface area contributed by atoms with Gasteiger partial charge in [-0.25, -0.2) is 4.98 Å². The van der Waals surface area contributed by atoms with Crippen molar-refractivity contribution in [2.45, 2.75) is 12.5 Å². The number of benzene rings is 1. The van der Waals surface area contributed by atoms with Gasteiger partial charge in [-0.1, -0.05) is 12.1 Å². The average molecular weight is 303 g/mol. The molecule has 2 aromatic rings. The van der Waals surface area contributed by atoms with Gasteiger partial charge in [0.05, 0.1) is 12.7 Å². The number of amides is 1. The van der Waals surface area contributed by atoms with Crippen LogP contribution in [0.3, 0.4) is 0 Å². The molecule has 6 heteroatoms. The van der Waals surface area contributed by atoms with Crippen molar-refractivity contribution in [3.8, 4) is 16.3 Å². The number of nitrogens with zero attached hydrogens (tertiary/aromatic N) is 2. The molecular formula is C15H17N3O2S. The number of aromatic nitrogens is 1. The second-order valence-corrected chi connectivity index (χ2v) is 5.90. The summed E-state index contributed by atoms with van der Waals surface area (Å²) in [4.78, 5) is 18.6. The summed E-state index contributed by atoms with van der Waals surface area (Å²) in [5.74, 6) is 0.717. The lowest BCUT2D eigenvalue weighted by molar-refractivity contribution is 0.0786. The van der Waals surface area contributed by atoms with Gasteiger partial charge < -0.3 is 15.4 Å². The maximum atomic E-state index is 12.4. The highest BCUT2D eigenvalue weighted by Crippen LogP contribution is 2.32. The number of hydrogen-bond donors (Lipinski definition) is 1. The lowest BCUT2D eigenvalue weighted by atomic mass is 10.2. The lowest BCUT2D eigenvalue weighted by Gasteiger charge is -2.13. The van der Waals surface area contributed by atoms with E-state index < -0.39 is 0 Å². The Morgan fingerprint density at radius 3 is 3.00 bits per heavy atom. The molecule has 2 heterocycles. The van der Waals surface area contributed by atoms with Crippen LogP contribution < -0.4 is 10.5 Å². The Labute approximate surface area is 127 Å². The van der Waals surface area contributed by atoms with E-state index in [-0.39, 0.29) is 11.9 Å². The van der Waals surface area contributed by atoms with Gasteiger partial charge in [-0.15, -0.1) is 11.3 Å². The molecule has 2 N–H and O–H groups in total. The summed E-state index contributed by atoms with van der Waals surface area (Å²) in [5.41, 5.74) is 7.23. The van der Waals surface area contributed by atoms with Crippen LogP contribution in [0.1, 0.15) is 16.9 Å². The molecule has 0 saturated carbocycles. The van der Waals surface area contributed by atoms with Crippen molar-refractivity contribution in [3.63, 3.8) is 0 Å². The van der Waals surface area contributed by atoms with E-state index in [1.165, 1.54) is 11.3 Å². The molecule has 0 aliphatic carbocycles. The fourth-order valence-corrected chi connectivity index (χ4v) is 3.27. The number of carbonyl (C=O) groups excluding carboxylic acids is 1. The third-order valence-electron chi connectivity index (χ3n) is 3.57. The second-order valence-electron chi connectivity index (χ2n) is 5.04. The van der Waals surface area contributed by atoms with Crippen LogP contribution in [-0.2, 0) is 0 Å². The van der Waals surface area contributed by atoms with Crippen molar-refractivity contribution < 1.29 is 9.53 Å². The monoisotopic (exact) mass is 303 g/mol. The van der Waals surface area contributed by atoms with Gasteiger partial charge in [0.1, 0.15) is 16.5 Å². The number of carbonyl (C=O) groups is 1. The molecule has 0 spiro atoms. The molecule has 1 atom stereocenters. The summed E-state index contributed by atoms with van der Waals surface area (Å²) < 4.78 is 5.34. The average Bonchev–Trinajstić information content (AvgIpc) is 3.15. The summed E-state index contributed by atoms with van der Waals surface area (Å²) in [6, 6.07) is 7.75. The highest BCUT2D eigenvalue weighted by atomic mass is 32.1. The van der Waals surface area contributed by atoms with Crippen molar-refractivity contribution in [2.75, 3.05) is 20.2 Å². The molecule has 0 bridgehead atoms. The largest absolute Gasteiger partial charge is 0.496 e. The topological polar surface area (TPSA) is 68.5 Å². The molecule has 1 saturated heterocycles. The number of thiazole rings is 1. The fourth-order valence-electron chi connectivity index (χ4n) is 2.45. The number of likely N-dealkylation sites (tertiary alicyclic amines) is 1. The molecule has 0 radical (unpaired) electrons. The van der Waals surface area contributed by atoms with Gasteiger partial charge in [-0.2, -0.15) is 0 Å². The van der Waals surface area contributed by atoms with E-state index in [0.29, 0.717) is 18.8 Å². The summed E-state index contributed by atoms with van der Waals surface area (Å²) in [7, 11) is 1.63. The van der Waals surface area contributed by atoms with Crippen LogP contribution >= 0.6 is 11.3 Å². The molecule has 110 valence electrons. The van der Waals surface area contributed by atoms with Gasteiger partial charge in [0.25, 0.3) is 5.91 Å². The maximum absolute atomic E-state index is 12.4. The first-order valence-electron chi connectivity index (χ1n) is 6.83. The first-order chi connectivity index (χ1) is 10.2. The van der Waals surface area contributed by atoms with Crippen molar-refractivity contribution in [1.29, 1.82) is 0 Å². The summed E-state index contributed by atoms with van der Waals surface area (Å²) in [6.45, 7) is 1.32. The Balaban J connectivity index is 1.85. The van der Waals surface area contributed by atoms with Crippen LogP contribution in [0.15, 0.2) is 29.6 Å². The zero-order valence-electron chi connectivity index (χ0n) is 11.8. The van der Waals surface area contributed by atoms with Gasteiger partial charge >= 0.3 is 0 Å². The molecule has 1 amide bonds. The molecule has 1 aromatic heterocycles. The van der Waals surface area contributed by atoms with Gasteiger partial charge in [-0.05, 0) is 18.6 Å². The van der Waals surface area contributed by atoms with E-state index >= 15 is 0 Å². The second kappa shape index (κ2) is 5.83. The SMILES string of the molecule is COc1ccccc1-c1nc(C(=O)N2CC[C@@H](N)C2)cs1. The smallest absolute Gasteiger partial charge is 0.273 e. The Morgan fingerprint density at radius 2 is 2.29 bits per heavy atom. The minimum Gasteiger partial charge on any atom is -0.496 e. The fraction of sp³-hybridized carbons (Fsp3) is 0.333. The quantitative estimate of drug-likeness (QED) is 0.941. The molecule has 1 aliphatic heterocycles. The van der Waals surface area contributed by atoms with Gasteiger partial charge in [0.2, 0.25) is 0 Å². The Bertz CT molecular complexity index is 656. The van der Waals surface area contributed by atoms with Crippen LogP contribution in [0.4, 0.5) is 0 Å². The Hall–Kier alpha value is -1.92. The van der Waals surface area contributed by atoms with Crippen LogP contribution in [0.2, 0.25) is 0 Å². The maximum Gasteiger partial charge on any atom is 0.273 e. The summed E-state index contributed by atoms with van der Waals surface area (Å²) in [5, 5.41) is 2.59.